The first-order valence-electron chi connectivity index (χ1n) is 7.56. The van der Waals surface area contributed by atoms with Gasteiger partial charge in [-0.25, -0.2) is 0 Å². The molecule has 2 aromatic heterocycles. The summed E-state index contributed by atoms with van der Waals surface area (Å²) in [5.41, 5.74) is 6.21. The molecule has 2 heterocycles. The molecular formula is C15H24Cl2N4OS. The Morgan fingerprint density at radius 3 is 2.61 bits per heavy atom. The van der Waals surface area contributed by atoms with Crippen molar-refractivity contribution in [3.8, 4) is 0 Å². The van der Waals surface area contributed by atoms with E-state index >= 15 is 0 Å². The topological polar surface area (TPSA) is 72.9 Å². The van der Waals surface area contributed by atoms with Crippen LogP contribution in [0.15, 0.2) is 12.3 Å². The highest BCUT2D eigenvalue weighted by Crippen LogP contribution is 2.26. The van der Waals surface area contributed by atoms with Crippen molar-refractivity contribution >= 4 is 52.3 Å². The van der Waals surface area contributed by atoms with Crippen LogP contribution < -0.4 is 11.1 Å². The summed E-state index contributed by atoms with van der Waals surface area (Å²) in [4.78, 5) is 14.1. The fourth-order valence-electron chi connectivity index (χ4n) is 3.01. The van der Waals surface area contributed by atoms with Gasteiger partial charge in [0, 0.05) is 24.5 Å². The van der Waals surface area contributed by atoms with Gasteiger partial charge in [-0.2, -0.15) is 5.10 Å². The molecule has 1 aliphatic rings. The normalized spacial score (nSPS) is 17.0. The molecule has 1 amide bonds. The van der Waals surface area contributed by atoms with Gasteiger partial charge < -0.3 is 11.1 Å². The van der Waals surface area contributed by atoms with E-state index in [0.717, 1.165) is 27.9 Å². The number of nitrogens with zero attached hydrogens (tertiary/aromatic N) is 2. The highest BCUT2D eigenvalue weighted by atomic mass is 35.5. The smallest absolute Gasteiger partial charge is 0.261 e. The number of carbonyl (C=O) groups excluding carboxylic acids is 1. The van der Waals surface area contributed by atoms with E-state index in [1.807, 2.05) is 13.1 Å². The van der Waals surface area contributed by atoms with Crippen molar-refractivity contribution in [2.45, 2.75) is 44.1 Å². The molecule has 0 unspecified atom stereocenters. The van der Waals surface area contributed by atoms with E-state index in [2.05, 4.69) is 10.4 Å². The number of amides is 1. The van der Waals surface area contributed by atoms with Gasteiger partial charge in [-0.3, -0.25) is 9.48 Å². The molecule has 0 atom stereocenters. The fraction of sp³-hybridized carbons (Fsp3) is 0.600. The average molecular weight is 379 g/mol. The van der Waals surface area contributed by atoms with Crippen LogP contribution in [0, 0.1) is 0 Å². The molecule has 0 bridgehead atoms. The number of hydrogen-bond acceptors (Lipinski definition) is 4. The SMILES string of the molecule is Cl.Cl.Cn1ncc2cc(C(=O)NCC3(N)CCCCCC3)sc21. The Morgan fingerprint density at radius 1 is 1.35 bits per heavy atom. The molecule has 1 aliphatic carbocycles. The monoisotopic (exact) mass is 378 g/mol. The first kappa shape index (κ1) is 20.2. The number of hydrogen-bond donors (Lipinski definition) is 2. The lowest BCUT2D eigenvalue weighted by atomic mass is 9.91. The van der Waals surface area contributed by atoms with Crippen LogP contribution >= 0.6 is 36.2 Å². The third kappa shape index (κ3) is 4.59. The van der Waals surface area contributed by atoms with Crippen LogP contribution in [0.4, 0.5) is 0 Å². The molecule has 3 N–H and O–H groups in total. The number of thiophene rings is 1. The molecule has 1 fully saturated rings. The Morgan fingerprint density at radius 2 is 2.00 bits per heavy atom. The summed E-state index contributed by atoms with van der Waals surface area (Å²) in [6.07, 6.45) is 8.65. The van der Waals surface area contributed by atoms with Gasteiger partial charge in [0.15, 0.2) is 0 Å². The summed E-state index contributed by atoms with van der Waals surface area (Å²) >= 11 is 1.48. The standard InChI is InChI=1S/C15H22N4OS.2ClH/c1-19-14-11(9-18-19)8-12(21-14)13(20)17-10-15(16)6-4-2-3-5-7-15;;/h8-9H,2-7,10,16H2,1H3,(H,17,20);2*1H. The van der Waals surface area contributed by atoms with E-state index in [0.29, 0.717) is 6.54 Å². The van der Waals surface area contributed by atoms with Gasteiger partial charge in [0.25, 0.3) is 5.91 Å². The molecule has 0 saturated heterocycles. The number of halogens is 2. The number of carbonyl (C=O) groups is 1. The zero-order valence-electron chi connectivity index (χ0n) is 13.2. The second kappa shape index (κ2) is 8.33. The third-order valence-electron chi connectivity index (χ3n) is 4.33. The maximum Gasteiger partial charge on any atom is 0.261 e. The molecule has 8 heteroatoms. The quantitative estimate of drug-likeness (QED) is 0.804. The molecule has 3 rings (SSSR count). The molecular weight excluding hydrogens is 355 g/mol. The van der Waals surface area contributed by atoms with Gasteiger partial charge in [0.05, 0.1) is 11.1 Å². The predicted molar refractivity (Wildman–Crippen MR) is 100 cm³/mol. The first-order chi connectivity index (χ1) is 10.1. The number of fused-ring (bicyclic) bond motifs is 1. The van der Waals surface area contributed by atoms with Crippen molar-refractivity contribution < 1.29 is 4.79 Å². The van der Waals surface area contributed by atoms with E-state index in [9.17, 15) is 4.79 Å². The van der Waals surface area contributed by atoms with Gasteiger partial charge in [-0.05, 0) is 18.9 Å². The van der Waals surface area contributed by atoms with Crippen LogP contribution in [0.25, 0.3) is 10.2 Å². The molecule has 0 aliphatic heterocycles. The van der Waals surface area contributed by atoms with Crippen LogP contribution in [0.2, 0.25) is 0 Å². The summed E-state index contributed by atoms with van der Waals surface area (Å²) in [5.74, 6) is -0.0229. The second-order valence-electron chi connectivity index (χ2n) is 6.10. The van der Waals surface area contributed by atoms with Crippen LogP contribution in [0.1, 0.15) is 48.2 Å². The Bertz CT molecular complexity index is 647. The van der Waals surface area contributed by atoms with Crippen LogP contribution in [0.5, 0.6) is 0 Å². The summed E-state index contributed by atoms with van der Waals surface area (Å²) in [6, 6.07) is 1.90. The van der Waals surface area contributed by atoms with Crippen LogP contribution in [-0.4, -0.2) is 27.8 Å². The largest absolute Gasteiger partial charge is 0.349 e. The third-order valence-corrected chi connectivity index (χ3v) is 5.54. The van der Waals surface area contributed by atoms with Crippen molar-refractivity contribution in [3.63, 3.8) is 0 Å². The van der Waals surface area contributed by atoms with Gasteiger partial charge in [0.1, 0.15) is 4.83 Å². The van der Waals surface area contributed by atoms with Crippen LogP contribution in [0.3, 0.4) is 0 Å². The summed E-state index contributed by atoms with van der Waals surface area (Å²) in [6.45, 7) is 0.568. The van der Waals surface area contributed by atoms with E-state index < -0.39 is 0 Å². The maximum atomic E-state index is 12.3. The maximum absolute atomic E-state index is 12.3. The molecule has 5 nitrogen and oxygen atoms in total. The summed E-state index contributed by atoms with van der Waals surface area (Å²) in [5, 5.41) is 8.21. The number of aryl methyl sites for hydroxylation is 1. The lowest BCUT2D eigenvalue weighted by Crippen LogP contribution is -2.49. The van der Waals surface area contributed by atoms with Gasteiger partial charge in [-0.1, -0.05) is 25.7 Å². The Hall–Kier alpha value is -0.820. The Balaban J connectivity index is 0.00000132. The van der Waals surface area contributed by atoms with Gasteiger partial charge >= 0.3 is 0 Å². The molecule has 0 aromatic carbocycles. The molecule has 130 valence electrons. The van der Waals surface area contributed by atoms with Gasteiger partial charge in [0.2, 0.25) is 0 Å². The van der Waals surface area contributed by atoms with E-state index in [1.54, 1.807) is 10.9 Å². The Labute approximate surface area is 152 Å². The van der Waals surface area contributed by atoms with Crippen molar-refractivity contribution in [1.82, 2.24) is 15.1 Å². The zero-order chi connectivity index (χ0) is 14.9. The fourth-order valence-corrected chi connectivity index (χ4v) is 3.97. The molecule has 0 spiro atoms. The van der Waals surface area contributed by atoms with Crippen molar-refractivity contribution in [3.05, 3.63) is 17.1 Å². The van der Waals surface area contributed by atoms with Crippen molar-refractivity contribution in [2.24, 2.45) is 12.8 Å². The molecule has 1 saturated carbocycles. The van der Waals surface area contributed by atoms with Crippen LogP contribution in [-0.2, 0) is 7.05 Å². The minimum Gasteiger partial charge on any atom is -0.349 e. The number of nitrogens with one attached hydrogen (secondary N) is 1. The van der Waals surface area contributed by atoms with E-state index in [1.165, 1.54) is 37.0 Å². The molecule has 0 radical (unpaired) electrons. The minimum absolute atomic E-state index is 0. The van der Waals surface area contributed by atoms with Crippen molar-refractivity contribution in [2.75, 3.05) is 6.54 Å². The number of nitrogens with two attached hydrogens (primary N) is 1. The van der Waals surface area contributed by atoms with E-state index in [4.69, 9.17) is 5.73 Å². The Kier molecular flexibility index (Phi) is 7.32. The first-order valence-corrected chi connectivity index (χ1v) is 8.38. The summed E-state index contributed by atoms with van der Waals surface area (Å²) < 4.78 is 1.80. The highest BCUT2D eigenvalue weighted by Gasteiger charge is 2.27. The average Bonchev–Trinajstić information content (AvgIpc) is 2.96. The lowest BCUT2D eigenvalue weighted by Gasteiger charge is -2.28. The van der Waals surface area contributed by atoms with Crippen molar-refractivity contribution in [1.29, 1.82) is 0 Å². The predicted octanol–water partition coefficient (Wildman–Crippen LogP) is 3.26. The number of rotatable bonds is 3. The lowest BCUT2D eigenvalue weighted by molar-refractivity contribution is 0.0945. The molecule has 2 aromatic rings. The number of aromatic nitrogens is 2. The zero-order valence-corrected chi connectivity index (χ0v) is 15.7. The minimum atomic E-state index is -0.232. The highest BCUT2D eigenvalue weighted by molar-refractivity contribution is 7.20. The molecule has 23 heavy (non-hydrogen) atoms. The summed E-state index contributed by atoms with van der Waals surface area (Å²) in [7, 11) is 1.89. The van der Waals surface area contributed by atoms with Gasteiger partial charge in [-0.15, -0.1) is 36.2 Å². The van der Waals surface area contributed by atoms with E-state index in [-0.39, 0.29) is 36.3 Å². The second-order valence-corrected chi connectivity index (χ2v) is 7.13.